The van der Waals surface area contributed by atoms with Crippen molar-refractivity contribution in [3.63, 3.8) is 0 Å². The number of unbranched alkanes of at least 4 members (excludes halogenated alkanes) is 3. The van der Waals surface area contributed by atoms with Crippen LogP contribution in [-0.2, 0) is 38.0 Å². The van der Waals surface area contributed by atoms with E-state index < -0.39 is 22.2 Å². The Morgan fingerprint density at radius 1 is 1.00 bits per heavy atom. The first kappa shape index (κ1) is 40.1. The van der Waals surface area contributed by atoms with E-state index in [0.717, 1.165) is 31.2 Å². The van der Waals surface area contributed by atoms with Gasteiger partial charge in [0, 0.05) is 36.6 Å². The number of imidazole rings is 1. The summed E-state index contributed by atoms with van der Waals surface area (Å²) in [5, 5.41) is 14.3. The molecule has 0 aliphatic rings. The van der Waals surface area contributed by atoms with Gasteiger partial charge in [0.1, 0.15) is 17.5 Å². The van der Waals surface area contributed by atoms with E-state index in [1.54, 1.807) is 55.6 Å². The summed E-state index contributed by atoms with van der Waals surface area (Å²) < 4.78 is 38.1. The Morgan fingerprint density at radius 3 is 2.41 bits per heavy atom. The van der Waals surface area contributed by atoms with Crippen molar-refractivity contribution in [1.29, 1.82) is 5.41 Å². The molecule has 4 N–H and O–H groups in total. The molecule has 51 heavy (non-hydrogen) atoms. The third-order valence-electron chi connectivity index (χ3n) is 7.33. The van der Waals surface area contributed by atoms with Crippen LogP contribution in [0, 0.1) is 5.41 Å². The Bertz CT molecular complexity index is 1890. The summed E-state index contributed by atoms with van der Waals surface area (Å²) in [7, 11) is -1.78. The molecule has 15 nitrogen and oxygen atoms in total. The summed E-state index contributed by atoms with van der Waals surface area (Å²) in [5.74, 6) is 0.356. The van der Waals surface area contributed by atoms with Crippen LogP contribution in [0.3, 0.4) is 0 Å². The smallest absolute Gasteiger partial charge is 0.412 e. The van der Waals surface area contributed by atoms with Gasteiger partial charge in [0.2, 0.25) is 0 Å². The number of amides is 2. The Balaban J connectivity index is 0.00000131. The van der Waals surface area contributed by atoms with E-state index in [2.05, 4.69) is 22.5 Å². The Labute approximate surface area is 297 Å². The first-order valence-corrected chi connectivity index (χ1v) is 18.3. The number of carbonyl (C=O) groups is 3. The molecule has 0 bridgehead atoms. The average Bonchev–Trinajstić information content (AvgIpc) is 3.41. The van der Waals surface area contributed by atoms with Gasteiger partial charge in [0.05, 0.1) is 43.5 Å². The quantitative estimate of drug-likeness (QED) is 0.0406. The summed E-state index contributed by atoms with van der Waals surface area (Å²) in [5.41, 5.74) is 3.01. The number of hydrogen-bond donors (Lipinski definition) is 4. The lowest BCUT2D eigenvalue weighted by Gasteiger charge is -2.21. The highest BCUT2D eigenvalue weighted by atomic mass is 32.2. The summed E-state index contributed by atoms with van der Waals surface area (Å²) >= 11 is 0. The number of fused-ring (bicyclic) bond motifs is 1. The van der Waals surface area contributed by atoms with Crippen LogP contribution in [0.4, 0.5) is 16.3 Å². The minimum atomic E-state index is -3.67. The number of ether oxygens (including phenoxy) is 2. The third-order valence-corrected chi connectivity index (χ3v) is 7.33. The number of esters is 1. The first-order chi connectivity index (χ1) is 24.3. The molecular weight excluding hydrogens is 678 g/mol. The molecule has 0 fully saturated rings. The third kappa shape index (κ3) is 13.1. The monoisotopic (exact) mass is 723 g/mol. The highest BCUT2D eigenvalue weighted by Gasteiger charge is 2.22. The molecule has 2 amide bonds. The van der Waals surface area contributed by atoms with Crippen LogP contribution in [0.15, 0.2) is 66.9 Å². The van der Waals surface area contributed by atoms with E-state index in [9.17, 15) is 22.8 Å². The van der Waals surface area contributed by atoms with Gasteiger partial charge in [-0.25, -0.2) is 14.8 Å². The van der Waals surface area contributed by atoms with Crippen molar-refractivity contribution in [2.45, 2.75) is 52.5 Å². The minimum absolute atomic E-state index is 0.0342. The van der Waals surface area contributed by atoms with Gasteiger partial charge in [-0.05, 0) is 55.8 Å². The number of benzene rings is 2. The number of amidine groups is 1. The fourth-order valence-electron chi connectivity index (χ4n) is 4.90. The van der Waals surface area contributed by atoms with Crippen molar-refractivity contribution in [1.82, 2.24) is 19.9 Å². The number of nitrogens with zero attached hydrogens (tertiary/aromatic N) is 4. The van der Waals surface area contributed by atoms with Gasteiger partial charge in [-0.15, -0.1) is 0 Å². The summed E-state index contributed by atoms with van der Waals surface area (Å²) in [6.07, 6.45) is 5.67. The number of anilines is 2. The molecule has 0 spiro atoms. The highest BCUT2D eigenvalue weighted by molar-refractivity contribution is 7.85. The zero-order valence-corrected chi connectivity index (χ0v) is 30.0. The second kappa shape index (κ2) is 19.7. The molecule has 0 saturated heterocycles. The second-order valence-corrected chi connectivity index (χ2v) is 12.8. The minimum Gasteiger partial charge on any atom is -0.466 e. The molecule has 0 aliphatic carbocycles. The van der Waals surface area contributed by atoms with Gasteiger partial charge in [0.25, 0.3) is 16.0 Å². The first-order valence-electron chi connectivity index (χ1n) is 16.4. The van der Waals surface area contributed by atoms with E-state index in [-0.39, 0.29) is 31.3 Å². The Morgan fingerprint density at radius 2 is 1.73 bits per heavy atom. The number of para-hydroxylation sites is 1. The van der Waals surface area contributed by atoms with Crippen LogP contribution >= 0.6 is 0 Å². The van der Waals surface area contributed by atoms with Crippen LogP contribution in [0.1, 0.15) is 67.7 Å². The topological polar surface area (TPSA) is 206 Å². The van der Waals surface area contributed by atoms with E-state index in [1.807, 2.05) is 29.8 Å². The standard InChI is InChI=1S/C34H41N7O5.CH4O3S/c1-4-6-7-12-21-46-34(44)39-32(35)25-13-8-9-14-26(25)37-23-30-38-27-22-24(16-17-28(27)40(30)3)33(43)41(20-18-31(42)45-5-2)29-15-10-11-19-36-29;1-5(2,3)4/h8-11,13-17,19,22,37H,4-7,12,18,20-21,23H2,1-3H3,(H2,35,39,44);1H3,(H,2,3,4). The molecule has 2 aromatic heterocycles. The molecule has 0 unspecified atom stereocenters. The maximum absolute atomic E-state index is 13.7. The number of nitrogens with one attached hydrogen (secondary N) is 3. The van der Waals surface area contributed by atoms with Crippen molar-refractivity contribution in [2.75, 3.05) is 36.2 Å². The van der Waals surface area contributed by atoms with Crippen molar-refractivity contribution in [3.05, 3.63) is 83.8 Å². The molecule has 0 radical (unpaired) electrons. The molecule has 0 saturated carbocycles. The number of rotatable bonds is 15. The molecule has 0 aliphatic heterocycles. The molecule has 16 heteroatoms. The summed E-state index contributed by atoms with van der Waals surface area (Å²) in [6.45, 7) is 4.87. The van der Waals surface area contributed by atoms with Gasteiger partial charge in [-0.1, -0.05) is 44.4 Å². The predicted octanol–water partition coefficient (Wildman–Crippen LogP) is 5.32. The average molecular weight is 724 g/mol. The number of pyridine rings is 1. The maximum Gasteiger partial charge on any atom is 0.412 e. The van der Waals surface area contributed by atoms with Crippen molar-refractivity contribution in [3.8, 4) is 0 Å². The van der Waals surface area contributed by atoms with Gasteiger partial charge in [-0.3, -0.25) is 29.8 Å². The largest absolute Gasteiger partial charge is 0.466 e. The number of alkyl carbamates (subject to hydrolysis) is 1. The zero-order chi connectivity index (χ0) is 37.4. The lowest BCUT2D eigenvalue weighted by atomic mass is 10.1. The molecule has 2 aromatic carbocycles. The molecule has 0 atom stereocenters. The fourth-order valence-corrected chi connectivity index (χ4v) is 4.90. The highest BCUT2D eigenvalue weighted by Crippen LogP contribution is 2.22. The number of carbonyl (C=O) groups excluding carboxylic acids is 3. The van der Waals surface area contributed by atoms with Crippen LogP contribution < -0.4 is 15.5 Å². The van der Waals surface area contributed by atoms with Gasteiger partial charge in [0.15, 0.2) is 0 Å². The van der Waals surface area contributed by atoms with Gasteiger partial charge < -0.3 is 19.4 Å². The Kier molecular flexibility index (Phi) is 15.5. The summed E-state index contributed by atoms with van der Waals surface area (Å²) in [4.78, 5) is 48.5. The van der Waals surface area contributed by atoms with Gasteiger partial charge in [-0.2, -0.15) is 8.42 Å². The maximum atomic E-state index is 13.7. The molecular formula is C35H45N7O8S. The van der Waals surface area contributed by atoms with Gasteiger partial charge >= 0.3 is 12.1 Å². The molecule has 2 heterocycles. The lowest BCUT2D eigenvalue weighted by molar-refractivity contribution is -0.142. The Hall–Kier alpha value is -5.35. The second-order valence-electron chi connectivity index (χ2n) is 11.3. The van der Waals surface area contributed by atoms with Crippen molar-refractivity contribution >= 4 is 56.5 Å². The normalized spacial score (nSPS) is 10.8. The lowest BCUT2D eigenvalue weighted by Crippen LogP contribution is -2.34. The molecule has 4 rings (SSSR count). The molecule has 4 aromatic rings. The van der Waals surface area contributed by atoms with Crippen molar-refractivity contribution < 1.29 is 36.8 Å². The zero-order valence-electron chi connectivity index (χ0n) is 29.2. The van der Waals surface area contributed by atoms with E-state index >= 15 is 0 Å². The van der Waals surface area contributed by atoms with Crippen LogP contribution in [0.5, 0.6) is 0 Å². The number of aromatic nitrogens is 3. The predicted molar refractivity (Wildman–Crippen MR) is 195 cm³/mol. The SMILES string of the molecule is CCCCCCOC(=O)NC(=N)c1ccccc1NCc1nc2cc(C(=O)N(CCC(=O)OCC)c3ccccn3)ccc2n1C.CS(=O)(=O)O. The summed E-state index contributed by atoms with van der Waals surface area (Å²) in [6, 6.07) is 17.8. The van der Waals surface area contributed by atoms with Crippen LogP contribution in [0.2, 0.25) is 0 Å². The number of hydrogen-bond acceptors (Lipinski definition) is 11. The fraction of sp³-hybridized carbons (Fsp3) is 0.371. The van der Waals surface area contributed by atoms with E-state index in [1.165, 1.54) is 4.90 Å². The van der Waals surface area contributed by atoms with Crippen molar-refractivity contribution in [2.24, 2.45) is 7.05 Å². The van der Waals surface area contributed by atoms with Crippen LogP contribution in [-0.4, -0.2) is 77.3 Å². The van der Waals surface area contributed by atoms with Crippen LogP contribution in [0.25, 0.3) is 11.0 Å². The van der Waals surface area contributed by atoms with E-state index in [0.29, 0.717) is 53.4 Å². The van der Waals surface area contributed by atoms with E-state index in [4.69, 9.17) is 24.4 Å². The number of aryl methyl sites for hydroxylation is 1. The molecule has 274 valence electrons.